The Bertz CT molecular complexity index is 973. The number of benzene rings is 2. The normalized spacial score (nSPS) is 12.3. The van der Waals surface area contributed by atoms with Crippen molar-refractivity contribution in [3.05, 3.63) is 30.3 Å². The zero-order valence-corrected chi connectivity index (χ0v) is 12.8. The summed E-state index contributed by atoms with van der Waals surface area (Å²) in [6.07, 6.45) is 0. The smallest absolute Gasteiger partial charge is 0.294 e. The Balaban J connectivity index is 2.85. The second kappa shape index (κ2) is 5.32. The van der Waals surface area contributed by atoms with Crippen LogP contribution in [0.2, 0.25) is 0 Å². The monoisotopic (exact) mass is 345 g/mol. The lowest BCUT2D eigenvalue weighted by Crippen LogP contribution is -2.08. The minimum absolute atomic E-state index is 0.0829. The molecule has 2 aromatic carbocycles. The van der Waals surface area contributed by atoms with E-state index >= 15 is 0 Å². The van der Waals surface area contributed by atoms with Gasteiger partial charge >= 0.3 is 0 Å². The standard InChI is InChI=1S/C12H11NO7S2/c1-7(14)13-12-6-10(22(18,19)20)5-8-4-9(21(15,16)17)2-3-11(8)12/h2-6H,1H3,(H,13,14)(H,15,16,17)(H,18,19,20). The summed E-state index contributed by atoms with van der Waals surface area (Å²) in [5, 5.41) is 2.84. The van der Waals surface area contributed by atoms with E-state index in [0.717, 1.165) is 24.3 Å². The highest BCUT2D eigenvalue weighted by Crippen LogP contribution is 2.29. The Morgan fingerprint density at radius 1 is 0.955 bits per heavy atom. The van der Waals surface area contributed by atoms with E-state index in [1.54, 1.807) is 0 Å². The van der Waals surface area contributed by atoms with Gasteiger partial charge < -0.3 is 5.32 Å². The molecule has 0 spiro atoms. The van der Waals surface area contributed by atoms with Crippen LogP contribution in [0.4, 0.5) is 5.69 Å². The van der Waals surface area contributed by atoms with Crippen molar-refractivity contribution in [2.45, 2.75) is 16.7 Å². The first kappa shape index (κ1) is 16.4. The molecule has 10 heteroatoms. The van der Waals surface area contributed by atoms with Gasteiger partial charge in [-0.15, -0.1) is 0 Å². The van der Waals surface area contributed by atoms with Crippen LogP contribution in [-0.2, 0) is 25.0 Å². The molecule has 0 saturated carbocycles. The van der Waals surface area contributed by atoms with Crippen molar-refractivity contribution in [3.63, 3.8) is 0 Å². The molecule has 0 aromatic heterocycles. The highest BCUT2D eigenvalue weighted by Gasteiger charge is 2.16. The van der Waals surface area contributed by atoms with Crippen molar-refractivity contribution in [1.82, 2.24) is 0 Å². The molecule has 0 aliphatic rings. The molecule has 118 valence electrons. The van der Waals surface area contributed by atoms with Gasteiger partial charge in [-0.2, -0.15) is 16.8 Å². The number of carbonyl (C=O) groups excluding carboxylic acids is 1. The molecular formula is C12H11NO7S2. The summed E-state index contributed by atoms with van der Waals surface area (Å²) >= 11 is 0. The summed E-state index contributed by atoms with van der Waals surface area (Å²) in [5.74, 6) is -0.479. The Hall–Kier alpha value is -2.01. The van der Waals surface area contributed by atoms with Crippen LogP contribution in [0.15, 0.2) is 40.1 Å². The third-order valence-electron chi connectivity index (χ3n) is 2.80. The largest absolute Gasteiger partial charge is 0.326 e. The van der Waals surface area contributed by atoms with Gasteiger partial charge in [-0.3, -0.25) is 13.9 Å². The number of amides is 1. The van der Waals surface area contributed by atoms with Crippen molar-refractivity contribution in [1.29, 1.82) is 0 Å². The zero-order chi connectivity index (χ0) is 16.7. The molecule has 8 nitrogen and oxygen atoms in total. The lowest BCUT2D eigenvalue weighted by molar-refractivity contribution is -0.114. The molecule has 0 saturated heterocycles. The van der Waals surface area contributed by atoms with Crippen LogP contribution in [0.5, 0.6) is 0 Å². The minimum atomic E-state index is -4.56. The zero-order valence-electron chi connectivity index (χ0n) is 11.1. The van der Waals surface area contributed by atoms with E-state index in [1.165, 1.54) is 13.0 Å². The Morgan fingerprint density at radius 2 is 1.50 bits per heavy atom. The fourth-order valence-electron chi connectivity index (χ4n) is 1.92. The summed E-state index contributed by atoms with van der Waals surface area (Å²) in [6, 6.07) is 5.52. The third-order valence-corrected chi connectivity index (χ3v) is 4.49. The molecule has 3 N–H and O–H groups in total. The van der Waals surface area contributed by atoms with Gasteiger partial charge in [0.05, 0.1) is 9.79 Å². The molecule has 2 aromatic rings. The molecule has 0 aliphatic carbocycles. The maximum absolute atomic E-state index is 11.3. The maximum atomic E-state index is 11.3. The Kier molecular flexibility index (Phi) is 3.96. The van der Waals surface area contributed by atoms with Crippen LogP contribution in [0.1, 0.15) is 6.92 Å². The molecule has 0 atom stereocenters. The van der Waals surface area contributed by atoms with Crippen molar-refractivity contribution in [2.75, 3.05) is 5.32 Å². The van der Waals surface area contributed by atoms with Gasteiger partial charge in [0.2, 0.25) is 5.91 Å². The fraction of sp³-hybridized carbons (Fsp3) is 0.0833. The average molecular weight is 345 g/mol. The highest BCUT2D eigenvalue weighted by molar-refractivity contribution is 7.86. The van der Waals surface area contributed by atoms with Gasteiger partial charge in [0.15, 0.2) is 0 Å². The topological polar surface area (TPSA) is 138 Å². The summed E-state index contributed by atoms with van der Waals surface area (Å²) in [4.78, 5) is 10.2. The van der Waals surface area contributed by atoms with Crippen molar-refractivity contribution >= 4 is 42.6 Å². The van der Waals surface area contributed by atoms with Gasteiger partial charge in [0.25, 0.3) is 20.2 Å². The van der Waals surface area contributed by atoms with E-state index in [1.807, 2.05) is 0 Å². The first-order valence-electron chi connectivity index (χ1n) is 5.79. The van der Waals surface area contributed by atoms with E-state index in [9.17, 15) is 21.6 Å². The van der Waals surface area contributed by atoms with Crippen molar-refractivity contribution < 1.29 is 30.7 Å². The lowest BCUT2D eigenvalue weighted by Gasteiger charge is -2.10. The van der Waals surface area contributed by atoms with Crippen LogP contribution in [-0.4, -0.2) is 31.8 Å². The van der Waals surface area contributed by atoms with Crippen molar-refractivity contribution in [2.24, 2.45) is 0 Å². The second-order valence-corrected chi connectivity index (χ2v) is 7.33. The Morgan fingerprint density at radius 3 is 2.00 bits per heavy atom. The molecule has 1 amide bonds. The van der Waals surface area contributed by atoms with E-state index in [2.05, 4.69) is 5.32 Å². The van der Waals surface area contributed by atoms with E-state index in [0.29, 0.717) is 5.39 Å². The molecular weight excluding hydrogens is 334 g/mol. The van der Waals surface area contributed by atoms with E-state index in [4.69, 9.17) is 9.11 Å². The van der Waals surface area contributed by atoms with Gasteiger partial charge in [-0.05, 0) is 29.7 Å². The number of nitrogens with one attached hydrogen (secondary N) is 1. The van der Waals surface area contributed by atoms with Gasteiger partial charge in [0, 0.05) is 18.0 Å². The number of anilines is 1. The number of hydrogen-bond acceptors (Lipinski definition) is 5. The first-order valence-corrected chi connectivity index (χ1v) is 8.67. The van der Waals surface area contributed by atoms with Crippen LogP contribution in [0.25, 0.3) is 10.8 Å². The SMILES string of the molecule is CC(=O)Nc1cc(S(=O)(=O)O)cc2cc(S(=O)(=O)O)ccc12. The average Bonchev–Trinajstić information content (AvgIpc) is 2.35. The quantitative estimate of drug-likeness (QED) is 0.713. The van der Waals surface area contributed by atoms with E-state index < -0.39 is 35.9 Å². The third kappa shape index (κ3) is 3.42. The summed E-state index contributed by atoms with van der Waals surface area (Å²) in [6.45, 7) is 1.21. The number of carbonyl (C=O) groups is 1. The molecule has 0 unspecified atom stereocenters. The predicted molar refractivity (Wildman–Crippen MR) is 77.9 cm³/mol. The summed E-state index contributed by atoms with van der Waals surface area (Å²) in [5.41, 5.74) is 0.0829. The van der Waals surface area contributed by atoms with Gasteiger partial charge in [-0.1, -0.05) is 6.07 Å². The minimum Gasteiger partial charge on any atom is -0.326 e. The van der Waals surface area contributed by atoms with Gasteiger partial charge in [0.1, 0.15) is 0 Å². The highest BCUT2D eigenvalue weighted by atomic mass is 32.2. The molecule has 0 fully saturated rings. The fourth-order valence-corrected chi connectivity index (χ4v) is 2.98. The van der Waals surface area contributed by atoms with Crippen LogP contribution in [0, 0.1) is 0 Å². The van der Waals surface area contributed by atoms with Crippen LogP contribution < -0.4 is 5.32 Å². The number of fused-ring (bicyclic) bond motifs is 1. The molecule has 2 rings (SSSR count). The molecule has 0 radical (unpaired) electrons. The molecule has 0 heterocycles. The van der Waals surface area contributed by atoms with E-state index in [-0.39, 0.29) is 11.1 Å². The molecule has 22 heavy (non-hydrogen) atoms. The van der Waals surface area contributed by atoms with Gasteiger partial charge in [-0.25, -0.2) is 0 Å². The summed E-state index contributed by atoms with van der Waals surface area (Å²) < 4.78 is 63.0. The summed E-state index contributed by atoms with van der Waals surface area (Å²) in [7, 11) is -9.04. The number of hydrogen-bond donors (Lipinski definition) is 3. The van der Waals surface area contributed by atoms with Crippen LogP contribution >= 0.6 is 0 Å². The number of rotatable bonds is 3. The van der Waals surface area contributed by atoms with Crippen molar-refractivity contribution in [3.8, 4) is 0 Å². The maximum Gasteiger partial charge on any atom is 0.294 e. The Labute approximate surface area is 126 Å². The lowest BCUT2D eigenvalue weighted by atomic mass is 10.1. The second-order valence-electron chi connectivity index (χ2n) is 4.49. The predicted octanol–water partition coefficient (Wildman–Crippen LogP) is 1.29. The molecule has 0 aliphatic heterocycles. The first-order chi connectivity index (χ1) is 9.98. The molecule has 0 bridgehead atoms. The van der Waals surface area contributed by atoms with Crippen LogP contribution in [0.3, 0.4) is 0 Å².